The predicted octanol–water partition coefficient (Wildman–Crippen LogP) is 2.90. The van der Waals surface area contributed by atoms with Crippen molar-refractivity contribution >= 4 is 5.69 Å². The lowest BCUT2D eigenvalue weighted by Crippen LogP contribution is -2.22. The molecule has 0 saturated carbocycles. The number of hydrogen-bond acceptors (Lipinski definition) is 3. The van der Waals surface area contributed by atoms with Crippen LogP contribution in [0, 0.1) is 5.92 Å². The van der Waals surface area contributed by atoms with Gasteiger partial charge in [0.05, 0.1) is 13.2 Å². The van der Waals surface area contributed by atoms with Gasteiger partial charge in [-0.3, -0.25) is 4.79 Å². The third-order valence-electron chi connectivity index (χ3n) is 3.27. The Morgan fingerprint density at radius 2 is 1.90 bits per heavy atom. The Morgan fingerprint density at radius 3 is 2.57 bits per heavy atom. The molecular weight excluding hydrogens is 264 g/mol. The van der Waals surface area contributed by atoms with E-state index in [2.05, 4.69) is 13.8 Å². The molecule has 0 aliphatic rings. The van der Waals surface area contributed by atoms with E-state index in [-0.39, 0.29) is 5.56 Å². The summed E-state index contributed by atoms with van der Waals surface area (Å²) in [5.74, 6) is 0.972. The predicted molar refractivity (Wildman–Crippen MR) is 85.6 cm³/mol. The first-order chi connectivity index (χ1) is 10.1. The fraction of sp³-hybridized carbons (Fsp3) is 0.353. The minimum atomic E-state index is -0.0990. The Bertz CT molecular complexity index is 630. The van der Waals surface area contributed by atoms with Crippen LogP contribution in [0.4, 0.5) is 5.69 Å². The Hall–Kier alpha value is -2.23. The summed E-state index contributed by atoms with van der Waals surface area (Å²) in [6, 6.07) is 11.1. The highest BCUT2D eigenvalue weighted by Crippen LogP contribution is 2.09. The first kappa shape index (κ1) is 15.2. The van der Waals surface area contributed by atoms with E-state index in [9.17, 15) is 4.79 Å². The van der Waals surface area contributed by atoms with Crippen LogP contribution in [0.5, 0.6) is 5.75 Å². The molecular formula is C17H22N2O2. The highest BCUT2D eigenvalue weighted by Gasteiger charge is 2.05. The maximum absolute atomic E-state index is 12.3. The van der Waals surface area contributed by atoms with Crippen molar-refractivity contribution in [2.45, 2.75) is 26.8 Å². The fourth-order valence-corrected chi connectivity index (χ4v) is 1.97. The van der Waals surface area contributed by atoms with Crippen molar-refractivity contribution < 1.29 is 4.74 Å². The average Bonchev–Trinajstić information content (AvgIpc) is 2.45. The van der Waals surface area contributed by atoms with E-state index in [0.717, 1.165) is 17.7 Å². The van der Waals surface area contributed by atoms with Gasteiger partial charge in [0.2, 0.25) is 0 Å². The number of benzene rings is 1. The van der Waals surface area contributed by atoms with Gasteiger partial charge in [0, 0.05) is 11.9 Å². The number of pyridine rings is 1. The summed E-state index contributed by atoms with van der Waals surface area (Å²) in [5, 5.41) is 0. The molecule has 0 radical (unpaired) electrons. The molecule has 0 unspecified atom stereocenters. The Morgan fingerprint density at radius 1 is 1.19 bits per heavy atom. The van der Waals surface area contributed by atoms with Crippen molar-refractivity contribution in [1.29, 1.82) is 0 Å². The molecule has 0 amide bonds. The summed E-state index contributed by atoms with van der Waals surface area (Å²) < 4.78 is 7.24. The van der Waals surface area contributed by atoms with Gasteiger partial charge in [0.1, 0.15) is 0 Å². The molecule has 1 aromatic heterocycles. The number of rotatable bonds is 6. The van der Waals surface area contributed by atoms with Crippen molar-refractivity contribution in [1.82, 2.24) is 4.57 Å². The van der Waals surface area contributed by atoms with Crippen LogP contribution in [-0.4, -0.2) is 11.2 Å². The van der Waals surface area contributed by atoms with Crippen LogP contribution in [0.3, 0.4) is 0 Å². The van der Waals surface area contributed by atoms with Gasteiger partial charge in [-0.05, 0) is 42.2 Å². The van der Waals surface area contributed by atoms with E-state index >= 15 is 0 Å². The van der Waals surface area contributed by atoms with Crippen molar-refractivity contribution in [3.63, 3.8) is 0 Å². The smallest absolute Gasteiger partial charge is 0.293 e. The van der Waals surface area contributed by atoms with Gasteiger partial charge in [-0.15, -0.1) is 0 Å². The summed E-state index contributed by atoms with van der Waals surface area (Å²) in [6.07, 6.45) is 2.71. The monoisotopic (exact) mass is 286 g/mol. The number of anilines is 1. The minimum Gasteiger partial charge on any atom is -0.488 e. The summed E-state index contributed by atoms with van der Waals surface area (Å²) >= 11 is 0. The third kappa shape index (κ3) is 4.38. The topological polar surface area (TPSA) is 57.2 Å². The van der Waals surface area contributed by atoms with Crippen molar-refractivity contribution in [2.24, 2.45) is 5.92 Å². The number of aromatic nitrogens is 1. The SMILES string of the molecule is CC(C)CCOc1cccn(Cc2ccc(N)cc2)c1=O. The summed E-state index contributed by atoms with van der Waals surface area (Å²) in [5.41, 5.74) is 7.32. The zero-order valence-corrected chi connectivity index (χ0v) is 12.6. The fourth-order valence-electron chi connectivity index (χ4n) is 1.97. The molecule has 0 saturated heterocycles. The van der Waals surface area contributed by atoms with E-state index in [4.69, 9.17) is 10.5 Å². The van der Waals surface area contributed by atoms with Crippen LogP contribution in [-0.2, 0) is 6.54 Å². The quantitative estimate of drug-likeness (QED) is 0.831. The van der Waals surface area contributed by atoms with Crippen LogP contribution in [0.15, 0.2) is 47.4 Å². The van der Waals surface area contributed by atoms with Crippen LogP contribution in [0.25, 0.3) is 0 Å². The second-order valence-corrected chi connectivity index (χ2v) is 5.58. The number of nitrogens with zero attached hydrogens (tertiary/aromatic N) is 1. The van der Waals surface area contributed by atoms with Crippen molar-refractivity contribution in [3.8, 4) is 5.75 Å². The van der Waals surface area contributed by atoms with E-state index in [1.54, 1.807) is 16.8 Å². The first-order valence-corrected chi connectivity index (χ1v) is 7.23. The van der Waals surface area contributed by atoms with Gasteiger partial charge in [-0.2, -0.15) is 0 Å². The van der Waals surface area contributed by atoms with Crippen LogP contribution >= 0.6 is 0 Å². The molecule has 0 atom stereocenters. The first-order valence-electron chi connectivity index (χ1n) is 7.23. The highest BCUT2D eigenvalue weighted by molar-refractivity contribution is 5.39. The largest absolute Gasteiger partial charge is 0.488 e. The lowest BCUT2D eigenvalue weighted by Gasteiger charge is -2.10. The van der Waals surface area contributed by atoms with Crippen LogP contribution in [0.2, 0.25) is 0 Å². The van der Waals surface area contributed by atoms with Gasteiger partial charge in [-0.1, -0.05) is 26.0 Å². The normalized spacial score (nSPS) is 10.8. The number of hydrogen-bond donors (Lipinski definition) is 1. The Labute approximate surface area is 125 Å². The molecule has 0 spiro atoms. The molecule has 4 heteroatoms. The Kier molecular flexibility index (Phi) is 5.04. The zero-order valence-electron chi connectivity index (χ0n) is 12.6. The van der Waals surface area contributed by atoms with E-state index in [0.29, 0.717) is 24.8 Å². The van der Waals surface area contributed by atoms with Crippen molar-refractivity contribution in [2.75, 3.05) is 12.3 Å². The van der Waals surface area contributed by atoms with Gasteiger partial charge >= 0.3 is 0 Å². The minimum absolute atomic E-state index is 0.0990. The molecule has 4 nitrogen and oxygen atoms in total. The van der Waals surface area contributed by atoms with Gasteiger partial charge in [-0.25, -0.2) is 0 Å². The summed E-state index contributed by atoms with van der Waals surface area (Å²) in [4.78, 5) is 12.3. The second kappa shape index (κ2) is 6.97. The lowest BCUT2D eigenvalue weighted by molar-refractivity contribution is 0.284. The molecule has 1 heterocycles. The van der Waals surface area contributed by atoms with E-state index in [1.807, 2.05) is 30.3 Å². The number of ether oxygens (including phenoxy) is 1. The van der Waals surface area contributed by atoms with Gasteiger partial charge < -0.3 is 15.0 Å². The van der Waals surface area contributed by atoms with E-state index < -0.39 is 0 Å². The molecule has 21 heavy (non-hydrogen) atoms. The highest BCUT2D eigenvalue weighted by atomic mass is 16.5. The molecule has 0 aliphatic carbocycles. The number of nitrogen functional groups attached to an aromatic ring is 1. The van der Waals surface area contributed by atoms with Crippen molar-refractivity contribution in [3.05, 3.63) is 58.5 Å². The van der Waals surface area contributed by atoms with Crippen LogP contribution < -0.4 is 16.0 Å². The summed E-state index contributed by atoms with van der Waals surface area (Å²) in [6.45, 7) is 5.35. The van der Waals surface area contributed by atoms with Gasteiger partial charge in [0.25, 0.3) is 5.56 Å². The average molecular weight is 286 g/mol. The van der Waals surface area contributed by atoms with Gasteiger partial charge in [0.15, 0.2) is 5.75 Å². The molecule has 0 fully saturated rings. The molecule has 2 aromatic rings. The second-order valence-electron chi connectivity index (χ2n) is 5.58. The summed E-state index contributed by atoms with van der Waals surface area (Å²) in [7, 11) is 0. The molecule has 112 valence electrons. The van der Waals surface area contributed by atoms with Crippen LogP contribution in [0.1, 0.15) is 25.8 Å². The maximum atomic E-state index is 12.3. The Balaban J connectivity index is 2.10. The maximum Gasteiger partial charge on any atom is 0.293 e. The number of nitrogens with two attached hydrogens (primary N) is 1. The third-order valence-corrected chi connectivity index (χ3v) is 3.27. The molecule has 0 aliphatic heterocycles. The zero-order chi connectivity index (χ0) is 15.2. The standard InChI is InChI=1S/C17H22N2O2/c1-13(2)9-11-21-16-4-3-10-19(17(16)20)12-14-5-7-15(18)8-6-14/h3-8,10,13H,9,11-12,18H2,1-2H3. The molecule has 2 rings (SSSR count). The van der Waals surface area contributed by atoms with E-state index in [1.165, 1.54) is 0 Å². The molecule has 2 N–H and O–H groups in total. The molecule has 0 bridgehead atoms. The lowest BCUT2D eigenvalue weighted by atomic mass is 10.1. The molecule has 1 aromatic carbocycles.